The molecule has 1 N–H and O–H groups in total. The number of benzene rings is 1. The molecule has 0 saturated carbocycles. The van der Waals surface area contributed by atoms with Crippen molar-refractivity contribution in [3.8, 4) is 0 Å². The van der Waals surface area contributed by atoms with Gasteiger partial charge in [-0.25, -0.2) is 0 Å². The highest BCUT2D eigenvalue weighted by Crippen LogP contribution is 2.17. The molecule has 0 aliphatic carbocycles. The molecule has 1 aromatic carbocycles. The van der Waals surface area contributed by atoms with Crippen LogP contribution in [0.1, 0.15) is 12.0 Å². The second-order valence-corrected chi connectivity index (χ2v) is 4.87. The minimum atomic E-state index is -0.0237. The number of amides is 1. The minimum absolute atomic E-state index is 0.0237. The molecule has 2 aromatic rings. The summed E-state index contributed by atoms with van der Waals surface area (Å²) in [6.45, 7) is 0. The fourth-order valence-electron chi connectivity index (χ4n) is 1.64. The molecule has 18 heavy (non-hydrogen) atoms. The fourth-order valence-corrected chi connectivity index (χ4v) is 2.12. The molecule has 1 aromatic heterocycles. The molecule has 1 heterocycles. The lowest BCUT2D eigenvalue weighted by atomic mass is 10.1. The zero-order chi connectivity index (χ0) is 13.0. The molecular weight excluding hydrogens is 294 g/mol. The third kappa shape index (κ3) is 3.43. The molecule has 0 aliphatic heterocycles. The minimum Gasteiger partial charge on any atom is -0.309 e. The van der Waals surface area contributed by atoms with Gasteiger partial charge in [0.25, 0.3) is 0 Å². The Morgan fingerprint density at radius 1 is 1.39 bits per heavy atom. The summed E-state index contributed by atoms with van der Waals surface area (Å²) in [6.07, 6.45) is 2.95. The van der Waals surface area contributed by atoms with Crippen LogP contribution in [-0.4, -0.2) is 15.7 Å². The van der Waals surface area contributed by atoms with E-state index >= 15 is 0 Å². The SMILES string of the molecule is Cn1ccc(NC(=O)CCc2ccccc2Br)n1. The van der Waals surface area contributed by atoms with Crippen LogP contribution in [0.5, 0.6) is 0 Å². The van der Waals surface area contributed by atoms with Gasteiger partial charge >= 0.3 is 0 Å². The van der Waals surface area contributed by atoms with Crippen LogP contribution >= 0.6 is 15.9 Å². The number of rotatable bonds is 4. The average Bonchev–Trinajstić information content (AvgIpc) is 2.74. The van der Waals surface area contributed by atoms with Crippen molar-refractivity contribution in [3.63, 3.8) is 0 Å². The summed E-state index contributed by atoms with van der Waals surface area (Å²) >= 11 is 3.47. The molecule has 0 radical (unpaired) electrons. The Hall–Kier alpha value is -1.62. The first-order valence-electron chi connectivity index (χ1n) is 5.68. The number of nitrogens with zero attached hydrogens (tertiary/aromatic N) is 2. The summed E-state index contributed by atoms with van der Waals surface area (Å²) in [4.78, 5) is 11.7. The summed E-state index contributed by atoms with van der Waals surface area (Å²) in [6, 6.07) is 9.69. The molecule has 0 spiro atoms. The zero-order valence-electron chi connectivity index (χ0n) is 10.1. The second kappa shape index (κ2) is 5.82. The number of nitrogens with one attached hydrogen (secondary N) is 1. The largest absolute Gasteiger partial charge is 0.309 e. The van der Waals surface area contributed by atoms with Gasteiger partial charge in [-0.3, -0.25) is 9.48 Å². The summed E-state index contributed by atoms with van der Waals surface area (Å²) in [5, 5.41) is 6.86. The normalized spacial score (nSPS) is 10.3. The van der Waals surface area contributed by atoms with Gasteiger partial charge in [0.15, 0.2) is 5.82 Å². The number of hydrogen-bond acceptors (Lipinski definition) is 2. The van der Waals surface area contributed by atoms with E-state index in [0.29, 0.717) is 18.7 Å². The zero-order valence-corrected chi connectivity index (χ0v) is 11.6. The Balaban J connectivity index is 1.87. The Kier molecular flexibility index (Phi) is 4.15. The lowest BCUT2D eigenvalue weighted by molar-refractivity contribution is -0.116. The predicted octanol–water partition coefficient (Wildman–Crippen LogP) is 2.75. The molecule has 0 atom stereocenters. The topological polar surface area (TPSA) is 46.9 Å². The number of anilines is 1. The highest BCUT2D eigenvalue weighted by atomic mass is 79.9. The summed E-state index contributed by atoms with van der Waals surface area (Å²) in [5.74, 6) is 0.569. The lowest BCUT2D eigenvalue weighted by Crippen LogP contribution is -2.13. The van der Waals surface area contributed by atoms with E-state index in [4.69, 9.17) is 0 Å². The molecule has 2 rings (SSSR count). The third-order valence-electron chi connectivity index (χ3n) is 2.56. The van der Waals surface area contributed by atoms with Crippen LogP contribution in [0.4, 0.5) is 5.82 Å². The van der Waals surface area contributed by atoms with Crippen LogP contribution < -0.4 is 5.32 Å². The molecule has 94 valence electrons. The van der Waals surface area contributed by atoms with Crippen molar-refractivity contribution in [2.75, 3.05) is 5.32 Å². The first-order valence-corrected chi connectivity index (χ1v) is 6.47. The van der Waals surface area contributed by atoms with Crippen LogP contribution in [0.15, 0.2) is 41.0 Å². The van der Waals surface area contributed by atoms with Gasteiger partial charge in [0.2, 0.25) is 5.91 Å². The number of hydrogen-bond donors (Lipinski definition) is 1. The van der Waals surface area contributed by atoms with Crippen molar-refractivity contribution in [1.29, 1.82) is 0 Å². The maximum atomic E-state index is 11.7. The van der Waals surface area contributed by atoms with E-state index in [2.05, 4.69) is 26.3 Å². The van der Waals surface area contributed by atoms with Crippen LogP contribution in [0.3, 0.4) is 0 Å². The number of aromatic nitrogens is 2. The van der Waals surface area contributed by atoms with E-state index in [-0.39, 0.29) is 5.91 Å². The highest BCUT2D eigenvalue weighted by Gasteiger charge is 2.06. The molecular formula is C13H14BrN3O. The van der Waals surface area contributed by atoms with Gasteiger partial charge in [0, 0.05) is 30.2 Å². The number of carbonyl (C=O) groups is 1. The average molecular weight is 308 g/mol. The second-order valence-electron chi connectivity index (χ2n) is 4.01. The molecule has 5 heteroatoms. The Morgan fingerprint density at radius 2 is 2.17 bits per heavy atom. The summed E-state index contributed by atoms with van der Waals surface area (Å²) in [7, 11) is 1.82. The van der Waals surface area contributed by atoms with Gasteiger partial charge in [-0.1, -0.05) is 34.1 Å². The van der Waals surface area contributed by atoms with Gasteiger partial charge in [0.05, 0.1) is 0 Å². The maximum Gasteiger partial charge on any atom is 0.225 e. The molecule has 4 nitrogen and oxygen atoms in total. The number of carbonyl (C=O) groups excluding carboxylic acids is 1. The van der Waals surface area contributed by atoms with Crippen molar-refractivity contribution >= 4 is 27.7 Å². The summed E-state index contributed by atoms with van der Waals surface area (Å²) < 4.78 is 2.69. The van der Waals surface area contributed by atoms with E-state index in [0.717, 1.165) is 10.0 Å². The van der Waals surface area contributed by atoms with E-state index in [1.54, 1.807) is 16.9 Å². The van der Waals surface area contributed by atoms with Gasteiger partial charge < -0.3 is 5.32 Å². The van der Waals surface area contributed by atoms with Crippen molar-refractivity contribution in [1.82, 2.24) is 9.78 Å². The first kappa shape index (κ1) is 12.8. The fraction of sp³-hybridized carbons (Fsp3) is 0.231. The molecule has 0 bridgehead atoms. The lowest BCUT2D eigenvalue weighted by Gasteiger charge is -2.04. The van der Waals surface area contributed by atoms with E-state index in [1.165, 1.54) is 0 Å². The first-order chi connectivity index (χ1) is 8.65. The number of aryl methyl sites for hydroxylation is 2. The Bertz CT molecular complexity index is 551. The van der Waals surface area contributed by atoms with Crippen LogP contribution in [-0.2, 0) is 18.3 Å². The number of halogens is 1. The van der Waals surface area contributed by atoms with Crippen LogP contribution in [0, 0.1) is 0 Å². The summed E-state index contributed by atoms with van der Waals surface area (Å²) in [5.41, 5.74) is 1.13. The van der Waals surface area contributed by atoms with Crippen molar-refractivity contribution in [3.05, 3.63) is 46.6 Å². The molecule has 0 aliphatic rings. The molecule has 0 saturated heterocycles. The van der Waals surface area contributed by atoms with Crippen LogP contribution in [0.2, 0.25) is 0 Å². The molecule has 0 fully saturated rings. The maximum absolute atomic E-state index is 11.7. The van der Waals surface area contributed by atoms with Gasteiger partial charge in [-0.2, -0.15) is 5.10 Å². The third-order valence-corrected chi connectivity index (χ3v) is 3.33. The predicted molar refractivity (Wildman–Crippen MR) is 74.3 cm³/mol. The highest BCUT2D eigenvalue weighted by molar-refractivity contribution is 9.10. The quantitative estimate of drug-likeness (QED) is 0.944. The van der Waals surface area contributed by atoms with E-state index in [1.807, 2.05) is 31.3 Å². The Morgan fingerprint density at radius 3 is 2.83 bits per heavy atom. The van der Waals surface area contributed by atoms with Crippen LogP contribution in [0.25, 0.3) is 0 Å². The van der Waals surface area contributed by atoms with E-state index in [9.17, 15) is 4.79 Å². The molecule has 0 unspecified atom stereocenters. The van der Waals surface area contributed by atoms with Gasteiger partial charge in [0.1, 0.15) is 0 Å². The van der Waals surface area contributed by atoms with Crippen molar-refractivity contribution in [2.45, 2.75) is 12.8 Å². The smallest absolute Gasteiger partial charge is 0.225 e. The standard InChI is InChI=1S/C13H14BrN3O/c1-17-9-8-12(16-17)15-13(18)7-6-10-4-2-3-5-11(10)14/h2-5,8-9H,6-7H2,1H3,(H,15,16,18). The monoisotopic (exact) mass is 307 g/mol. The van der Waals surface area contributed by atoms with Crippen molar-refractivity contribution < 1.29 is 4.79 Å². The van der Waals surface area contributed by atoms with Gasteiger partial charge in [-0.15, -0.1) is 0 Å². The van der Waals surface area contributed by atoms with Gasteiger partial charge in [-0.05, 0) is 18.1 Å². The van der Waals surface area contributed by atoms with Crippen molar-refractivity contribution in [2.24, 2.45) is 7.05 Å². The molecule has 1 amide bonds. The Labute approximate surface area is 114 Å². The van der Waals surface area contributed by atoms with E-state index < -0.39 is 0 Å².